The average Bonchev–Trinajstić information content (AvgIpc) is 3.01. The fraction of sp³-hybridized carbons (Fsp3) is 0.350. The number of likely N-dealkylation sites (tertiary alicyclic amines) is 1. The maximum atomic E-state index is 13.0. The van der Waals surface area contributed by atoms with Crippen molar-refractivity contribution >= 4 is 17.6 Å². The second kappa shape index (κ2) is 8.62. The minimum absolute atomic E-state index is 0.0199. The molecule has 2 amide bonds. The molecular formula is C20H23FN4O2. The van der Waals surface area contributed by atoms with Crippen LogP contribution >= 0.6 is 0 Å². The van der Waals surface area contributed by atoms with Crippen LogP contribution in [0.5, 0.6) is 0 Å². The van der Waals surface area contributed by atoms with Crippen molar-refractivity contribution in [3.05, 3.63) is 59.5 Å². The van der Waals surface area contributed by atoms with Gasteiger partial charge < -0.3 is 15.5 Å². The summed E-state index contributed by atoms with van der Waals surface area (Å²) in [6.07, 6.45) is 2.62. The lowest BCUT2D eigenvalue weighted by Gasteiger charge is -2.17. The Hall–Kier alpha value is -2.96. The first kappa shape index (κ1) is 18.8. The van der Waals surface area contributed by atoms with Gasteiger partial charge in [0.25, 0.3) is 5.91 Å². The molecule has 0 bridgehead atoms. The molecule has 1 aliphatic heterocycles. The minimum atomic E-state index is -0.258. The molecule has 1 atom stereocenters. The number of nitrogens with zero attached hydrogens (tertiary/aromatic N) is 2. The van der Waals surface area contributed by atoms with E-state index in [9.17, 15) is 14.0 Å². The van der Waals surface area contributed by atoms with Gasteiger partial charge in [-0.2, -0.15) is 0 Å². The Bertz CT molecular complexity index is 793. The fourth-order valence-electron chi connectivity index (χ4n) is 3.09. The Morgan fingerprint density at radius 3 is 2.70 bits per heavy atom. The van der Waals surface area contributed by atoms with Gasteiger partial charge in [0.15, 0.2) is 0 Å². The summed E-state index contributed by atoms with van der Waals surface area (Å²) in [6, 6.07) is 9.79. The number of carbonyl (C=O) groups is 2. The number of aromatic nitrogens is 1. The van der Waals surface area contributed by atoms with E-state index >= 15 is 0 Å². The molecule has 0 radical (unpaired) electrons. The highest BCUT2D eigenvalue weighted by Crippen LogP contribution is 2.17. The summed E-state index contributed by atoms with van der Waals surface area (Å²) in [5, 5.41) is 5.98. The second-order valence-corrected chi connectivity index (χ2v) is 6.55. The highest BCUT2D eigenvalue weighted by Gasteiger charge is 2.29. The molecule has 27 heavy (non-hydrogen) atoms. The zero-order valence-electron chi connectivity index (χ0n) is 15.2. The van der Waals surface area contributed by atoms with Crippen LogP contribution in [-0.4, -0.2) is 47.4 Å². The monoisotopic (exact) mass is 370 g/mol. The summed E-state index contributed by atoms with van der Waals surface area (Å²) in [5.41, 5.74) is 1.51. The summed E-state index contributed by atoms with van der Waals surface area (Å²) >= 11 is 0. The fourth-order valence-corrected chi connectivity index (χ4v) is 3.09. The summed E-state index contributed by atoms with van der Waals surface area (Å²) in [5.74, 6) is 0.320. The number of rotatable bonds is 7. The van der Waals surface area contributed by atoms with E-state index in [0.717, 1.165) is 5.56 Å². The number of benzene rings is 1. The Morgan fingerprint density at radius 2 is 2.04 bits per heavy atom. The quantitative estimate of drug-likeness (QED) is 0.784. The summed E-state index contributed by atoms with van der Waals surface area (Å²) in [7, 11) is 0. The molecule has 142 valence electrons. The van der Waals surface area contributed by atoms with E-state index in [-0.39, 0.29) is 23.7 Å². The summed E-state index contributed by atoms with van der Waals surface area (Å²) in [6.45, 7) is 3.63. The Balaban J connectivity index is 1.51. The van der Waals surface area contributed by atoms with E-state index in [0.29, 0.717) is 43.9 Å². The molecule has 2 aromatic rings. The molecule has 0 aliphatic carbocycles. The van der Waals surface area contributed by atoms with Gasteiger partial charge in [0.2, 0.25) is 5.91 Å². The molecule has 1 unspecified atom stereocenters. The molecule has 0 saturated carbocycles. The van der Waals surface area contributed by atoms with Gasteiger partial charge >= 0.3 is 0 Å². The van der Waals surface area contributed by atoms with Crippen LogP contribution in [0.2, 0.25) is 0 Å². The average molecular weight is 370 g/mol. The second-order valence-electron chi connectivity index (χ2n) is 6.55. The number of carbonyl (C=O) groups excluding carboxylic acids is 2. The molecule has 3 rings (SSSR count). The van der Waals surface area contributed by atoms with Crippen molar-refractivity contribution in [2.24, 2.45) is 0 Å². The van der Waals surface area contributed by atoms with E-state index in [2.05, 4.69) is 15.6 Å². The third-order valence-electron chi connectivity index (χ3n) is 4.51. The molecule has 2 N–H and O–H groups in total. The first-order valence-electron chi connectivity index (χ1n) is 9.08. The number of hydrogen-bond donors (Lipinski definition) is 2. The van der Waals surface area contributed by atoms with Crippen molar-refractivity contribution in [3.63, 3.8) is 0 Å². The lowest BCUT2D eigenvalue weighted by atomic mass is 10.1. The molecule has 6 nitrogen and oxygen atoms in total. The Kier molecular flexibility index (Phi) is 6.01. The van der Waals surface area contributed by atoms with Crippen LogP contribution in [0.3, 0.4) is 0 Å². The van der Waals surface area contributed by atoms with Crippen molar-refractivity contribution in [1.29, 1.82) is 0 Å². The van der Waals surface area contributed by atoms with E-state index in [1.165, 1.54) is 18.3 Å². The van der Waals surface area contributed by atoms with Crippen molar-refractivity contribution < 1.29 is 14.0 Å². The van der Waals surface area contributed by atoms with Gasteiger partial charge in [-0.25, -0.2) is 9.37 Å². The lowest BCUT2D eigenvalue weighted by molar-refractivity contribution is -0.127. The minimum Gasteiger partial charge on any atom is -0.365 e. The molecular weight excluding hydrogens is 347 g/mol. The van der Waals surface area contributed by atoms with Gasteiger partial charge in [0, 0.05) is 32.3 Å². The van der Waals surface area contributed by atoms with Gasteiger partial charge in [-0.05, 0) is 43.2 Å². The number of halogens is 1. The number of nitrogens with one attached hydrogen (secondary N) is 2. The topological polar surface area (TPSA) is 74.3 Å². The van der Waals surface area contributed by atoms with Crippen LogP contribution < -0.4 is 10.6 Å². The maximum Gasteiger partial charge on any atom is 0.252 e. The van der Waals surface area contributed by atoms with Gasteiger partial charge in [-0.1, -0.05) is 12.1 Å². The number of pyridine rings is 1. The molecule has 1 saturated heterocycles. The van der Waals surface area contributed by atoms with Crippen LogP contribution in [0.4, 0.5) is 10.2 Å². The third-order valence-corrected chi connectivity index (χ3v) is 4.51. The van der Waals surface area contributed by atoms with E-state index in [1.54, 1.807) is 24.3 Å². The number of hydrogen-bond acceptors (Lipinski definition) is 4. The molecule has 0 spiro atoms. The third kappa shape index (κ3) is 5.03. The van der Waals surface area contributed by atoms with E-state index in [4.69, 9.17) is 0 Å². The smallest absolute Gasteiger partial charge is 0.252 e. The molecule has 1 aromatic carbocycles. The summed E-state index contributed by atoms with van der Waals surface area (Å²) in [4.78, 5) is 30.0. The van der Waals surface area contributed by atoms with Crippen molar-refractivity contribution in [3.8, 4) is 0 Å². The van der Waals surface area contributed by atoms with Crippen LogP contribution in [0.25, 0.3) is 0 Å². The number of anilines is 1. The van der Waals surface area contributed by atoms with Gasteiger partial charge in [-0.15, -0.1) is 0 Å². The van der Waals surface area contributed by atoms with Crippen molar-refractivity contribution in [2.45, 2.75) is 25.8 Å². The van der Waals surface area contributed by atoms with Crippen LogP contribution in [-0.2, 0) is 11.2 Å². The Morgan fingerprint density at radius 1 is 1.26 bits per heavy atom. The Labute approximate surface area is 157 Å². The highest BCUT2D eigenvalue weighted by atomic mass is 19.1. The van der Waals surface area contributed by atoms with Gasteiger partial charge in [0.05, 0.1) is 11.6 Å². The van der Waals surface area contributed by atoms with Crippen LogP contribution in [0.1, 0.15) is 29.3 Å². The number of amides is 2. The van der Waals surface area contributed by atoms with E-state index in [1.807, 2.05) is 11.8 Å². The molecule has 1 aromatic heterocycles. The summed E-state index contributed by atoms with van der Waals surface area (Å²) < 4.78 is 13.0. The first-order valence-corrected chi connectivity index (χ1v) is 9.08. The van der Waals surface area contributed by atoms with Crippen molar-refractivity contribution in [1.82, 2.24) is 15.2 Å². The van der Waals surface area contributed by atoms with Gasteiger partial charge in [0.1, 0.15) is 11.6 Å². The highest BCUT2D eigenvalue weighted by molar-refractivity contribution is 5.94. The molecule has 7 heteroatoms. The van der Waals surface area contributed by atoms with Gasteiger partial charge in [-0.3, -0.25) is 9.59 Å². The largest absolute Gasteiger partial charge is 0.365 e. The van der Waals surface area contributed by atoms with E-state index < -0.39 is 0 Å². The maximum absolute atomic E-state index is 13.0. The normalized spacial score (nSPS) is 16.4. The predicted octanol–water partition coefficient (Wildman–Crippen LogP) is 2.23. The molecule has 1 fully saturated rings. The standard InChI is InChI=1S/C20H23FN4O2/c1-2-22-20(27)15-5-8-18(23-12-15)24-17-11-19(26)25(13-17)10-9-14-3-6-16(21)7-4-14/h3-8,12,17H,2,9-11,13H2,1H3,(H,22,27)(H,23,24). The zero-order chi connectivity index (χ0) is 19.2. The van der Waals surface area contributed by atoms with Crippen molar-refractivity contribution in [2.75, 3.05) is 25.0 Å². The molecule has 1 aliphatic rings. The zero-order valence-corrected chi connectivity index (χ0v) is 15.2. The first-order chi connectivity index (χ1) is 13.0. The van der Waals surface area contributed by atoms with Crippen LogP contribution in [0.15, 0.2) is 42.6 Å². The van der Waals surface area contributed by atoms with Crippen LogP contribution in [0, 0.1) is 5.82 Å². The lowest BCUT2D eigenvalue weighted by Crippen LogP contribution is -2.30. The SMILES string of the molecule is CCNC(=O)c1ccc(NC2CC(=O)N(CCc3ccc(F)cc3)C2)nc1. The molecule has 2 heterocycles. The predicted molar refractivity (Wildman–Crippen MR) is 101 cm³/mol.